The molecule has 0 heterocycles. The summed E-state index contributed by atoms with van der Waals surface area (Å²) >= 11 is 3.33. The van der Waals surface area contributed by atoms with E-state index in [1.165, 1.54) is 24.3 Å². The summed E-state index contributed by atoms with van der Waals surface area (Å²) in [6.45, 7) is 0. The van der Waals surface area contributed by atoms with Gasteiger partial charge in [0.15, 0.2) is 0 Å². The zero-order valence-electron chi connectivity index (χ0n) is 10.2. The molecule has 2 aromatic rings. The molecule has 0 unspecified atom stereocenters. The van der Waals surface area contributed by atoms with Crippen LogP contribution in [0, 0.1) is 15.5 Å². The fourth-order valence-electron chi connectivity index (χ4n) is 1.51. The van der Waals surface area contributed by atoms with Gasteiger partial charge in [-0.1, -0.05) is 0 Å². The van der Waals surface area contributed by atoms with Gasteiger partial charge in [0.1, 0.15) is 17.3 Å². The lowest BCUT2D eigenvalue weighted by Gasteiger charge is -2.08. The van der Waals surface area contributed by atoms with Crippen LogP contribution >= 0.6 is 15.9 Å². The summed E-state index contributed by atoms with van der Waals surface area (Å²) in [6.07, 6.45) is 0. The fraction of sp³-hybridized carbons (Fsp3) is 0. The van der Waals surface area contributed by atoms with Crippen LogP contribution in [0.1, 0.15) is 5.56 Å². The number of amidine groups is 1. The Morgan fingerprint density at radius 2 is 1.90 bits per heavy atom. The van der Waals surface area contributed by atoms with Gasteiger partial charge in [0.2, 0.25) is 0 Å². The molecule has 0 radical (unpaired) electrons. The highest BCUT2D eigenvalue weighted by Crippen LogP contribution is 2.31. The molecular weight excluding hydrogens is 326 g/mol. The van der Waals surface area contributed by atoms with Crippen LogP contribution in [-0.2, 0) is 0 Å². The van der Waals surface area contributed by atoms with Gasteiger partial charge in [-0.25, -0.2) is 0 Å². The van der Waals surface area contributed by atoms with Crippen molar-refractivity contribution in [1.82, 2.24) is 0 Å². The van der Waals surface area contributed by atoms with E-state index in [0.29, 0.717) is 21.5 Å². The Morgan fingerprint density at radius 3 is 2.40 bits per heavy atom. The molecule has 0 atom stereocenters. The van der Waals surface area contributed by atoms with Crippen molar-refractivity contribution in [3.05, 3.63) is 62.6 Å². The van der Waals surface area contributed by atoms with Gasteiger partial charge in [0, 0.05) is 17.7 Å². The molecule has 0 aliphatic rings. The third-order valence-corrected chi connectivity index (χ3v) is 3.14. The largest absolute Gasteiger partial charge is 0.456 e. The SMILES string of the molecule is N=C(N)c1ccc(Oc2ccc([N+](=O)[O-])cc2)c(Br)c1. The molecule has 20 heavy (non-hydrogen) atoms. The van der Waals surface area contributed by atoms with Gasteiger partial charge in [-0.05, 0) is 46.3 Å². The number of nitrogen functional groups attached to an aromatic ring is 1. The standard InChI is InChI=1S/C13H10BrN3O3/c14-11-7-8(13(15)16)1-6-12(11)20-10-4-2-9(3-5-10)17(18)19/h1-7H,(H3,15,16). The number of hydrogen-bond acceptors (Lipinski definition) is 4. The maximum atomic E-state index is 10.6. The molecule has 0 fully saturated rings. The highest BCUT2D eigenvalue weighted by Gasteiger charge is 2.08. The van der Waals surface area contributed by atoms with E-state index in [4.69, 9.17) is 15.9 Å². The van der Waals surface area contributed by atoms with Crippen LogP contribution in [0.15, 0.2) is 46.9 Å². The maximum absolute atomic E-state index is 10.6. The van der Waals surface area contributed by atoms with Crippen LogP contribution in [0.5, 0.6) is 11.5 Å². The number of nitrogens with zero attached hydrogens (tertiary/aromatic N) is 1. The van der Waals surface area contributed by atoms with Crippen LogP contribution in [0.2, 0.25) is 0 Å². The van der Waals surface area contributed by atoms with Crippen molar-refractivity contribution in [2.24, 2.45) is 5.73 Å². The third kappa shape index (κ3) is 3.12. The van der Waals surface area contributed by atoms with Crippen molar-refractivity contribution in [3.63, 3.8) is 0 Å². The molecule has 3 N–H and O–H groups in total. The first-order chi connectivity index (χ1) is 9.47. The second-order valence-electron chi connectivity index (χ2n) is 3.91. The van der Waals surface area contributed by atoms with Crippen LogP contribution in [0.4, 0.5) is 5.69 Å². The maximum Gasteiger partial charge on any atom is 0.269 e. The topological polar surface area (TPSA) is 102 Å². The number of nitro benzene ring substituents is 1. The summed E-state index contributed by atoms with van der Waals surface area (Å²) in [5.74, 6) is 0.975. The van der Waals surface area contributed by atoms with Crippen LogP contribution in [-0.4, -0.2) is 10.8 Å². The number of halogens is 1. The first-order valence-electron chi connectivity index (χ1n) is 5.53. The van der Waals surface area contributed by atoms with Crippen molar-refractivity contribution in [2.75, 3.05) is 0 Å². The molecule has 7 heteroatoms. The quantitative estimate of drug-likeness (QED) is 0.386. The monoisotopic (exact) mass is 335 g/mol. The molecule has 102 valence electrons. The molecule has 0 bridgehead atoms. The number of ether oxygens (including phenoxy) is 1. The third-order valence-electron chi connectivity index (χ3n) is 2.52. The minimum Gasteiger partial charge on any atom is -0.456 e. The summed E-state index contributed by atoms with van der Waals surface area (Å²) in [5.41, 5.74) is 5.97. The second-order valence-corrected chi connectivity index (χ2v) is 4.77. The molecule has 2 aromatic carbocycles. The summed E-state index contributed by atoms with van der Waals surface area (Å²) in [7, 11) is 0. The molecule has 0 amide bonds. The predicted octanol–water partition coefficient (Wildman–Crippen LogP) is 3.43. The zero-order chi connectivity index (χ0) is 14.7. The van der Waals surface area contributed by atoms with E-state index in [9.17, 15) is 10.1 Å². The Labute approximate surface area is 123 Å². The molecule has 0 spiro atoms. The highest BCUT2D eigenvalue weighted by atomic mass is 79.9. The first kappa shape index (κ1) is 14.0. The molecule has 0 saturated carbocycles. The van der Waals surface area contributed by atoms with Crippen molar-refractivity contribution >= 4 is 27.5 Å². The Balaban J connectivity index is 2.21. The van der Waals surface area contributed by atoms with Crippen molar-refractivity contribution in [3.8, 4) is 11.5 Å². The van der Waals surface area contributed by atoms with Crippen molar-refractivity contribution in [1.29, 1.82) is 5.41 Å². The fourth-order valence-corrected chi connectivity index (χ4v) is 1.97. The van der Waals surface area contributed by atoms with Gasteiger partial charge in [0.05, 0.1) is 9.40 Å². The van der Waals surface area contributed by atoms with Gasteiger partial charge < -0.3 is 10.5 Å². The number of non-ortho nitro benzene ring substituents is 1. The average molecular weight is 336 g/mol. The minimum absolute atomic E-state index is 0.00310. The van der Waals surface area contributed by atoms with E-state index < -0.39 is 4.92 Å². The number of nitrogens with two attached hydrogens (primary N) is 1. The van der Waals surface area contributed by atoms with E-state index in [0.717, 1.165) is 0 Å². The first-order valence-corrected chi connectivity index (χ1v) is 6.33. The zero-order valence-corrected chi connectivity index (χ0v) is 11.8. The summed E-state index contributed by atoms with van der Waals surface area (Å²) in [6, 6.07) is 10.8. The van der Waals surface area contributed by atoms with Crippen molar-refractivity contribution in [2.45, 2.75) is 0 Å². The van der Waals surface area contributed by atoms with E-state index in [2.05, 4.69) is 15.9 Å². The molecule has 0 saturated heterocycles. The van der Waals surface area contributed by atoms with E-state index in [1.807, 2.05) is 0 Å². The molecule has 0 aromatic heterocycles. The lowest BCUT2D eigenvalue weighted by atomic mass is 10.2. The van der Waals surface area contributed by atoms with Crippen LogP contribution < -0.4 is 10.5 Å². The summed E-state index contributed by atoms with van der Waals surface area (Å²) < 4.78 is 6.24. The number of benzene rings is 2. The predicted molar refractivity (Wildman–Crippen MR) is 78.3 cm³/mol. The summed E-state index contributed by atoms with van der Waals surface area (Å²) in [4.78, 5) is 10.1. The van der Waals surface area contributed by atoms with Gasteiger partial charge in [-0.2, -0.15) is 0 Å². The lowest BCUT2D eigenvalue weighted by Crippen LogP contribution is -2.10. The molecule has 0 aliphatic heterocycles. The van der Waals surface area contributed by atoms with Crippen molar-refractivity contribution < 1.29 is 9.66 Å². The molecular formula is C13H10BrN3O3. The van der Waals surface area contributed by atoms with Gasteiger partial charge in [-0.15, -0.1) is 0 Å². The minimum atomic E-state index is -0.471. The highest BCUT2D eigenvalue weighted by molar-refractivity contribution is 9.10. The molecule has 0 aliphatic carbocycles. The van der Waals surface area contributed by atoms with Gasteiger partial charge in [0.25, 0.3) is 5.69 Å². The van der Waals surface area contributed by atoms with E-state index >= 15 is 0 Å². The van der Waals surface area contributed by atoms with E-state index in [-0.39, 0.29) is 11.5 Å². The molecule has 6 nitrogen and oxygen atoms in total. The van der Waals surface area contributed by atoms with Crippen LogP contribution in [0.3, 0.4) is 0 Å². The Kier molecular flexibility index (Phi) is 3.99. The molecule has 2 rings (SSSR count). The number of rotatable bonds is 4. The Hall–Kier alpha value is -2.41. The number of nitrogens with one attached hydrogen (secondary N) is 1. The Bertz CT molecular complexity index is 671. The Morgan fingerprint density at radius 1 is 1.25 bits per heavy atom. The van der Waals surface area contributed by atoms with Gasteiger partial charge >= 0.3 is 0 Å². The smallest absolute Gasteiger partial charge is 0.269 e. The normalized spacial score (nSPS) is 10.1. The average Bonchev–Trinajstić information content (AvgIpc) is 2.41. The van der Waals surface area contributed by atoms with Gasteiger partial charge in [-0.3, -0.25) is 15.5 Å². The second kappa shape index (κ2) is 5.70. The van der Waals surface area contributed by atoms with E-state index in [1.54, 1.807) is 18.2 Å². The number of nitro groups is 1. The van der Waals surface area contributed by atoms with Crippen LogP contribution in [0.25, 0.3) is 0 Å². The lowest BCUT2D eigenvalue weighted by molar-refractivity contribution is -0.384. The number of hydrogen-bond donors (Lipinski definition) is 2. The summed E-state index contributed by atoms with van der Waals surface area (Å²) in [5, 5.41) is 17.9.